The third-order valence-corrected chi connectivity index (χ3v) is 4.22. The van der Waals surface area contributed by atoms with Gasteiger partial charge in [-0.2, -0.15) is 0 Å². The number of amides is 1. The second-order valence-electron chi connectivity index (χ2n) is 6.10. The van der Waals surface area contributed by atoms with Gasteiger partial charge in [-0.3, -0.25) is 9.59 Å². The first-order valence-corrected chi connectivity index (χ1v) is 7.62. The highest BCUT2D eigenvalue weighted by Gasteiger charge is 2.47. The molecule has 1 aliphatic rings. The van der Waals surface area contributed by atoms with Crippen molar-refractivity contribution >= 4 is 11.9 Å². The van der Waals surface area contributed by atoms with Crippen molar-refractivity contribution < 1.29 is 24.2 Å². The van der Waals surface area contributed by atoms with E-state index in [1.165, 1.54) is 7.11 Å². The number of hydrogen-bond acceptors (Lipinski definition) is 4. The molecule has 126 valence electrons. The minimum Gasteiger partial charge on any atom is -0.481 e. The number of carbonyl (C=O) groups excluding carboxylic acids is 1. The van der Waals surface area contributed by atoms with Gasteiger partial charge in [0.05, 0.1) is 6.61 Å². The lowest BCUT2D eigenvalue weighted by atomic mass is 9.88. The van der Waals surface area contributed by atoms with Crippen LogP contribution in [0.2, 0.25) is 0 Å². The molecule has 2 rings (SSSR count). The molecule has 1 aliphatic heterocycles. The van der Waals surface area contributed by atoms with Crippen LogP contribution in [0.5, 0.6) is 5.75 Å². The van der Waals surface area contributed by atoms with E-state index in [0.717, 1.165) is 5.56 Å². The van der Waals surface area contributed by atoms with Gasteiger partial charge in [0.25, 0.3) is 5.91 Å². The number of methoxy groups -OCH3 is 1. The van der Waals surface area contributed by atoms with Crippen LogP contribution in [-0.4, -0.2) is 54.8 Å². The highest BCUT2D eigenvalue weighted by Crippen LogP contribution is 2.32. The molecule has 0 spiro atoms. The third kappa shape index (κ3) is 3.82. The SMILES string of the molecule is COCC1(C(=O)O)CCN(C(=O)C(C)Oc2ccc(C)cc2)C1. The molecule has 0 aromatic heterocycles. The monoisotopic (exact) mass is 321 g/mol. The number of nitrogens with zero attached hydrogens (tertiary/aromatic N) is 1. The predicted octanol–water partition coefficient (Wildman–Crippen LogP) is 1.71. The van der Waals surface area contributed by atoms with Crippen molar-refractivity contribution in [1.29, 1.82) is 0 Å². The van der Waals surface area contributed by atoms with E-state index in [1.807, 2.05) is 31.2 Å². The van der Waals surface area contributed by atoms with Crippen LogP contribution >= 0.6 is 0 Å². The normalized spacial score (nSPS) is 22.0. The number of ether oxygens (including phenoxy) is 2. The molecule has 1 saturated heterocycles. The van der Waals surface area contributed by atoms with Crippen LogP contribution in [0.3, 0.4) is 0 Å². The van der Waals surface area contributed by atoms with Crippen molar-refractivity contribution in [2.45, 2.75) is 26.4 Å². The fraction of sp³-hybridized carbons (Fsp3) is 0.529. The maximum Gasteiger partial charge on any atom is 0.313 e. The van der Waals surface area contributed by atoms with Gasteiger partial charge >= 0.3 is 5.97 Å². The van der Waals surface area contributed by atoms with Gasteiger partial charge in [0, 0.05) is 20.2 Å². The van der Waals surface area contributed by atoms with Crippen molar-refractivity contribution in [3.63, 3.8) is 0 Å². The lowest BCUT2D eigenvalue weighted by molar-refractivity contribution is -0.152. The molecule has 0 radical (unpaired) electrons. The molecule has 2 atom stereocenters. The van der Waals surface area contributed by atoms with Gasteiger partial charge in [-0.15, -0.1) is 0 Å². The van der Waals surface area contributed by atoms with Gasteiger partial charge in [-0.25, -0.2) is 0 Å². The van der Waals surface area contributed by atoms with E-state index in [1.54, 1.807) is 11.8 Å². The number of rotatable bonds is 6. The molecule has 23 heavy (non-hydrogen) atoms. The maximum absolute atomic E-state index is 12.5. The average molecular weight is 321 g/mol. The summed E-state index contributed by atoms with van der Waals surface area (Å²) < 4.78 is 10.7. The summed E-state index contributed by atoms with van der Waals surface area (Å²) in [5.41, 5.74) is 0.0928. The van der Waals surface area contributed by atoms with E-state index in [-0.39, 0.29) is 19.1 Å². The molecule has 0 saturated carbocycles. The minimum absolute atomic E-state index is 0.0965. The Morgan fingerprint density at radius 2 is 2.00 bits per heavy atom. The lowest BCUT2D eigenvalue weighted by Gasteiger charge is -2.25. The van der Waals surface area contributed by atoms with Crippen molar-refractivity contribution in [3.05, 3.63) is 29.8 Å². The Kier molecular flexibility index (Phi) is 5.26. The molecule has 6 heteroatoms. The minimum atomic E-state index is -1.02. The number of benzene rings is 1. The Hall–Kier alpha value is -2.08. The predicted molar refractivity (Wildman–Crippen MR) is 84.4 cm³/mol. The Labute approximate surface area is 136 Å². The van der Waals surface area contributed by atoms with E-state index in [4.69, 9.17) is 9.47 Å². The number of carboxylic acids is 1. The third-order valence-electron chi connectivity index (χ3n) is 4.22. The van der Waals surface area contributed by atoms with Crippen molar-refractivity contribution in [2.24, 2.45) is 5.41 Å². The van der Waals surface area contributed by atoms with E-state index in [2.05, 4.69) is 0 Å². The molecule has 1 N–H and O–H groups in total. The zero-order valence-electron chi connectivity index (χ0n) is 13.7. The van der Waals surface area contributed by atoms with Crippen LogP contribution in [0, 0.1) is 12.3 Å². The summed E-state index contributed by atoms with van der Waals surface area (Å²) in [6, 6.07) is 7.46. The van der Waals surface area contributed by atoms with Crippen molar-refractivity contribution in [3.8, 4) is 5.75 Å². The second kappa shape index (κ2) is 7.00. The number of carbonyl (C=O) groups is 2. The number of carboxylic acid groups (broad SMARTS) is 1. The molecule has 1 amide bonds. The number of aliphatic carboxylic acids is 1. The van der Waals surface area contributed by atoms with Gasteiger partial charge in [0.2, 0.25) is 0 Å². The first-order valence-electron chi connectivity index (χ1n) is 7.62. The van der Waals surface area contributed by atoms with Gasteiger partial charge in [0.1, 0.15) is 11.2 Å². The van der Waals surface area contributed by atoms with Gasteiger partial charge in [-0.05, 0) is 32.4 Å². The molecule has 0 bridgehead atoms. The summed E-state index contributed by atoms with van der Waals surface area (Å²) in [5.74, 6) is -0.511. The Morgan fingerprint density at radius 3 is 2.57 bits per heavy atom. The number of likely N-dealkylation sites (tertiary alicyclic amines) is 1. The van der Waals surface area contributed by atoms with Gasteiger partial charge < -0.3 is 19.5 Å². The summed E-state index contributed by atoms with van der Waals surface area (Å²) in [5, 5.41) is 9.44. The molecule has 1 heterocycles. The molecular weight excluding hydrogens is 298 g/mol. The van der Waals surface area contributed by atoms with Crippen LogP contribution in [-0.2, 0) is 14.3 Å². The van der Waals surface area contributed by atoms with Crippen LogP contribution < -0.4 is 4.74 Å². The van der Waals surface area contributed by atoms with Crippen molar-refractivity contribution in [1.82, 2.24) is 4.90 Å². The number of aryl methyl sites for hydroxylation is 1. The maximum atomic E-state index is 12.5. The molecule has 0 aliphatic carbocycles. The van der Waals surface area contributed by atoms with Gasteiger partial charge in [0.15, 0.2) is 6.10 Å². The first-order chi connectivity index (χ1) is 10.9. The standard InChI is InChI=1S/C17H23NO5/c1-12-4-6-14(7-5-12)23-13(2)15(19)18-9-8-17(10-18,11-22-3)16(20)21/h4-7,13H,8-11H2,1-3H3,(H,20,21). The zero-order valence-corrected chi connectivity index (χ0v) is 13.7. The largest absolute Gasteiger partial charge is 0.481 e. The fourth-order valence-corrected chi connectivity index (χ4v) is 2.82. The quantitative estimate of drug-likeness (QED) is 0.863. The number of hydrogen-bond donors (Lipinski definition) is 1. The summed E-state index contributed by atoms with van der Waals surface area (Å²) in [4.78, 5) is 25.6. The lowest BCUT2D eigenvalue weighted by Crippen LogP contribution is -2.43. The molecule has 1 fully saturated rings. The van der Waals surface area contributed by atoms with Crippen LogP contribution in [0.15, 0.2) is 24.3 Å². The molecular formula is C17H23NO5. The van der Waals surface area contributed by atoms with E-state index >= 15 is 0 Å². The fourth-order valence-electron chi connectivity index (χ4n) is 2.82. The summed E-state index contributed by atoms with van der Waals surface area (Å²) in [6.07, 6.45) is -0.274. The topological polar surface area (TPSA) is 76.1 Å². The smallest absolute Gasteiger partial charge is 0.313 e. The van der Waals surface area contributed by atoms with Gasteiger partial charge in [-0.1, -0.05) is 17.7 Å². The highest BCUT2D eigenvalue weighted by molar-refractivity contribution is 5.83. The average Bonchev–Trinajstić information content (AvgIpc) is 2.95. The highest BCUT2D eigenvalue weighted by atomic mass is 16.5. The Morgan fingerprint density at radius 1 is 1.35 bits per heavy atom. The molecule has 1 aromatic carbocycles. The van der Waals surface area contributed by atoms with E-state index in [0.29, 0.717) is 18.7 Å². The first kappa shape index (κ1) is 17.3. The van der Waals surface area contributed by atoms with Crippen molar-refractivity contribution in [2.75, 3.05) is 26.8 Å². The Balaban J connectivity index is 2.00. The zero-order chi connectivity index (χ0) is 17.0. The van der Waals surface area contributed by atoms with Crippen LogP contribution in [0.4, 0.5) is 0 Å². The van der Waals surface area contributed by atoms with Crippen LogP contribution in [0.25, 0.3) is 0 Å². The summed E-state index contributed by atoms with van der Waals surface area (Å²) >= 11 is 0. The second-order valence-corrected chi connectivity index (χ2v) is 6.10. The summed E-state index contributed by atoms with van der Waals surface area (Å²) in [7, 11) is 1.47. The Bertz CT molecular complexity index is 571. The van der Waals surface area contributed by atoms with E-state index in [9.17, 15) is 14.7 Å². The van der Waals surface area contributed by atoms with E-state index < -0.39 is 17.5 Å². The molecule has 1 aromatic rings. The molecule has 2 unspecified atom stereocenters. The van der Waals surface area contributed by atoms with Crippen LogP contribution in [0.1, 0.15) is 18.9 Å². The summed E-state index contributed by atoms with van der Waals surface area (Å²) in [6.45, 7) is 4.30. The molecule has 6 nitrogen and oxygen atoms in total.